The first-order chi connectivity index (χ1) is 31.4. The molecule has 4 atom stereocenters. The normalized spacial score (nSPS) is 15.4. The molecule has 0 saturated heterocycles. The number of aliphatic hydroxyl groups excluding tert-OH is 2. The molecule has 4 unspecified atom stereocenters. The zero-order valence-electron chi connectivity index (χ0n) is 42.1. The summed E-state index contributed by atoms with van der Waals surface area (Å²) < 4.78 is 23.5. The molecule has 0 radical (unpaired) electrons. The number of hydrogen-bond acceptors (Lipinski definition) is 6. The van der Waals surface area contributed by atoms with Crippen LogP contribution >= 0.6 is 7.82 Å². The molecule has 0 heterocycles. The average Bonchev–Trinajstić information content (AvgIpc) is 3.26. The Morgan fingerprint density at radius 3 is 1.40 bits per heavy atom. The van der Waals surface area contributed by atoms with Gasteiger partial charge in [0.15, 0.2) is 0 Å². The van der Waals surface area contributed by atoms with E-state index in [0.717, 1.165) is 96.3 Å². The summed E-state index contributed by atoms with van der Waals surface area (Å²) in [4.78, 5) is 23.2. The molecule has 0 spiro atoms. The summed E-state index contributed by atoms with van der Waals surface area (Å²) in [6.07, 6.45) is 60.4. The Morgan fingerprint density at radius 1 is 0.554 bits per heavy atom. The van der Waals surface area contributed by atoms with Crippen LogP contribution in [0.25, 0.3) is 0 Å². The smallest absolute Gasteiger partial charge is 0.390 e. The molecule has 9 nitrogen and oxygen atoms in total. The highest BCUT2D eigenvalue weighted by Gasteiger charge is 2.31. The molecule has 0 aliphatic carbocycles. The molecule has 10 heteroatoms. The van der Waals surface area contributed by atoms with Gasteiger partial charge in [0.1, 0.15) is 19.3 Å². The Bertz CT molecular complexity index is 1390. The molecular weight excluding hydrogens is 832 g/mol. The van der Waals surface area contributed by atoms with Crippen LogP contribution in [0.1, 0.15) is 187 Å². The molecule has 0 rings (SSSR count). The zero-order valence-corrected chi connectivity index (χ0v) is 42.9. The first kappa shape index (κ1) is 62.4. The highest BCUT2D eigenvalue weighted by molar-refractivity contribution is 7.47. The summed E-state index contributed by atoms with van der Waals surface area (Å²) >= 11 is 0. The van der Waals surface area contributed by atoms with Gasteiger partial charge in [-0.2, -0.15) is 0 Å². The molecule has 4 N–H and O–H groups in total. The fourth-order valence-electron chi connectivity index (χ4n) is 6.86. The molecule has 0 fully saturated rings. The standard InChI is InChI=1S/C55H97N2O7P/c1-6-8-10-12-14-16-18-20-21-22-23-24-25-26-27-28-29-30-31-32-33-34-35-36-38-40-42-44-46-48-54(59)56-52(51-64-65(61,62)63-50-49-57(3,4)5)55(60)53(58)47-45-43-41-39-37-19-17-15-13-11-9-7-2/h8,10,14,16,20-21,23-24,26-27,29-30,32-33,35-36,52-53,55,58,60H,6-7,9,11-13,15,17-19,22,25,28,31,34,37-51H2,1-5H3,(H-,56,59,61,62)/p+1/b10-8-,16-14-,21-20-,24-23-,27-26-,30-29-,33-32-,36-35-. The lowest BCUT2D eigenvalue weighted by molar-refractivity contribution is -0.870. The topological polar surface area (TPSA) is 125 Å². The Kier molecular flexibility index (Phi) is 43.4. The van der Waals surface area contributed by atoms with Gasteiger partial charge in [0, 0.05) is 6.42 Å². The summed E-state index contributed by atoms with van der Waals surface area (Å²) in [5.74, 6) is -0.287. The lowest BCUT2D eigenvalue weighted by Crippen LogP contribution is -2.51. The number of unbranched alkanes of at least 4 members (excludes halogenated alkanes) is 15. The third kappa shape index (κ3) is 46.3. The van der Waals surface area contributed by atoms with Gasteiger partial charge < -0.3 is 24.9 Å². The third-order valence-corrected chi connectivity index (χ3v) is 11.9. The van der Waals surface area contributed by atoms with E-state index in [-0.39, 0.29) is 18.9 Å². The summed E-state index contributed by atoms with van der Waals surface area (Å²) in [6, 6.07) is -1.05. The van der Waals surface area contributed by atoms with Crippen molar-refractivity contribution in [1.82, 2.24) is 5.32 Å². The molecule has 374 valence electrons. The van der Waals surface area contributed by atoms with Crippen molar-refractivity contribution < 1.29 is 38.0 Å². The summed E-state index contributed by atoms with van der Waals surface area (Å²) in [6.45, 7) is 4.45. The van der Waals surface area contributed by atoms with Crippen LogP contribution in [0.4, 0.5) is 0 Å². The van der Waals surface area contributed by atoms with Crippen molar-refractivity contribution in [2.45, 2.75) is 205 Å². The Morgan fingerprint density at radius 2 is 0.954 bits per heavy atom. The van der Waals surface area contributed by atoms with Crippen molar-refractivity contribution in [1.29, 1.82) is 0 Å². The van der Waals surface area contributed by atoms with Crippen LogP contribution in [0.2, 0.25) is 0 Å². The molecule has 0 aromatic heterocycles. The molecule has 0 saturated carbocycles. The highest BCUT2D eigenvalue weighted by Crippen LogP contribution is 2.43. The van der Waals surface area contributed by atoms with E-state index in [2.05, 4.69) is 116 Å². The fraction of sp³-hybridized carbons (Fsp3) is 0.691. The number of hydrogen-bond donors (Lipinski definition) is 4. The number of nitrogens with zero attached hydrogens (tertiary/aromatic N) is 1. The van der Waals surface area contributed by atoms with Crippen molar-refractivity contribution in [2.24, 2.45) is 0 Å². The molecule has 0 bridgehead atoms. The molecular formula is C55H98N2O7P+. The van der Waals surface area contributed by atoms with Gasteiger partial charge in [-0.3, -0.25) is 13.8 Å². The SMILES string of the molecule is CC/C=C\C/C=C\C/C=C\C/C=C\C/C=C\C/C=C\C/C=C\C/C=C\CCCCCCC(=O)NC(COP(=O)(O)OCC[N+](C)(C)C)C(O)C(O)CCCCCCCCCCCCCC. The van der Waals surface area contributed by atoms with Gasteiger partial charge in [0.05, 0.1) is 39.9 Å². The molecule has 65 heavy (non-hydrogen) atoms. The maximum absolute atomic E-state index is 13.0. The highest BCUT2D eigenvalue weighted by atomic mass is 31.2. The lowest BCUT2D eigenvalue weighted by atomic mass is 9.99. The molecule has 0 aliphatic heterocycles. The minimum Gasteiger partial charge on any atom is -0.390 e. The maximum Gasteiger partial charge on any atom is 0.472 e. The van der Waals surface area contributed by atoms with Gasteiger partial charge in [-0.05, 0) is 77.0 Å². The lowest BCUT2D eigenvalue weighted by Gasteiger charge is -2.28. The van der Waals surface area contributed by atoms with Crippen LogP contribution in [0.3, 0.4) is 0 Å². The monoisotopic (exact) mass is 930 g/mol. The van der Waals surface area contributed by atoms with Crippen molar-refractivity contribution >= 4 is 13.7 Å². The van der Waals surface area contributed by atoms with E-state index in [1.54, 1.807) is 0 Å². The van der Waals surface area contributed by atoms with E-state index >= 15 is 0 Å². The molecule has 0 aliphatic rings. The van der Waals surface area contributed by atoms with Crippen LogP contribution < -0.4 is 5.32 Å². The van der Waals surface area contributed by atoms with Crippen LogP contribution in [0, 0.1) is 0 Å². The van der Waals surface area contributed by atoms with E-state index in [9.17, 15) is 24.5 Å². The van der Waals surface area contributed by atoms with Crippen LogP contribution in [0.5, 0.6) is 0 Å². The number of phosphoric ester groups is 1. The zero-order chi connectivity index (χ0) is 48.0. The number of quaternary nitrogens is 1. The van der Waals surface area contributed by atoms with E-state index in [1.165, 1.54) is 57.8 Å². The number of likely N-dealkylation sites (N-methyl/N-ethyl adjacent to an activating group) is 1. The van der Waals surface area contributed by atoms with Gasteiger partial charge in [-0.25, -0.2) is 4.57 Å². The number of aliphatic hydroxyl groups is 2. The predicted octanol–water partition coefficient (Wildman–Crippen LogP) is 14.1. The number of amides is 1. The summed E-state index contributed by atoms with van der Waals surface area (Å²) in [5.41, 5.74) is 0. The number of phosphoric acid groups is 1. The summed E-state index contributed by atoms with van der Waals surface area (Å²) in [7, 11) is 1.40. The van der Waals surface area contributed by atoms with E-state index < -0.39 is 32.7 Å². The minimum atomic E-state index is -4.43. The second-order valence-electron chi connectivity index (χ2n) is 18.3. The van der Waals surface area contributed by atoms with Gasteiger partial charge in [0.25, 0.3) is 0 Å². The average molecular weight is 930 g/mol. The predicted molar refractivity (Wildman–Crippen MR) is 278 cm³/mol. The molecule has 0 aromatic rings. The van der Waals surface area contributed by atoms with E-state index in [0.29, 0.717) is 23.9 Å². The Hall–Kier alpha value is -2.62. The second kappa shape index (κ2) is 45.2. The minimum absolute atomic E-state index is 0.0109. The van der Waals surface area contributed by atoms with Crippen molar-refractivity contribution in [3.63, 3.8) is 0 Å². The van der Waals surface area contributed by atoms with Crippen LogP contribution in [0.15, 0.2) is 97.2 Å². The number of allylic oxidation sites excluding steroid dienone is 16. The number of rotatable bonds is 45. The van der Waals surface area contributed by atoms with Crippen molar-refractivity contribution in [3.8, 4) is 0 Å². The van der Waals surface area contributed by atoms with Crippen molar-refractivity contribution in [2.75, 3.05) is 40.9 Å². The third-order valence-electron chi connectivity index (χ3n) is 10.9. The quantitative estimate of drug-likeness (QED) is 0.0207. The Balaban J connectivity index is 4.40. The maximum atomic E-state index is 13.0. The molecule has 1 amide bonds. The van der Waals surface area contributed by atoms with Gasteiger partial charge in [-0.1, -0.05) is 201 Å². The number of carbonyl (C=O) groups is 1. The number of nitrogens with one attached hydrogen (secondary N) is 1. The molecule has 0 aromatic carbocycles. The van der Waals surface area contributed by atoms with Crippen LogP contribution in [-0.4, -0.2) is 84.6 Å². The summed E-state index contributed by atoms with van der Waals surface area (Å²) in [5, 5.41) is 24.7. The van der Waals surface area contributed by atoms with Crippen molar-refractivity contribution in [3.05, 3.63) is 97.2 Å². The first-order valence-corrected chi connectivity index (χ1v) is 27.2. The van der Waals surface area contributed by atoms with Crippen LogP contribution in [-0.2, 0) is 18.4 Å². The fourth-order valence-corrected chi connectivity index (χ4v) is 7.60. The first-order valence-electron chi connectivity index (χ1n) is 25.7. The largest absolute Gasteiger partial charge is 0.472 e. The van der Waals surface area contributed by atoms with E-state index in [4.69, 9.17) is 9.05 Å². The number of carbonyl (C=O) groups excluding carboxylic acids is 1. The second-order valence-corrected chi connectivity index (χ2v) is 19.8. The Labute approximate surface area is 399 Å². The van der Waals surface area contributed by atoms with Gasteiger partial charge in [-0.15, -0.1) is 0 Å². The van der Waals surface area contributed by atoms with E-state index in [1.807, 2.05) is 21.1 Å². The van der Waals surface area contributed by atoms with Gasteiger partial charge >= 0.3 is 7.82 Å². The van der Waals surface area contributed by atoms with Gasteiger partial charge in [0.2, 0.25) is 5.91 Å².